The van der Waals surface area contributed by atoms with Gasteiger partial charge in [-0.2, -0.15) is 0 Å². The first-order chi connectivity index (χ1) is 10.2. The molecule has 0 saturated heterocycles. The largest absolute Gasteiger partial charge is 0.624 e. The van der Waals surface area contributed by atoms with Gasteiger partial charge >= 0.3 is 0 Å². The molecule has 0 saturated carbocycles. The third-order valence-electron chi connectivity index (χ3n) is 3.33. The number of hydroxylamine groups is 1. The van der Waals surface area contributed by atoms with Gasteiger partial charge in [0.05, 0.1) is 11.1 Å². The van der Waals surface area contributed by atoms with Gasteiger partial charge in [-0.05, 0) is 25.1 Å². The van der Waals surface area contributed by atoms with Crippen molar-refractivity contribution in [3.63, 3.8) is 0 Å². The molecular weight excluding hydrogens is 260 g/mol. The predicted molar refractivity (Wildman–Crippen MR) is 85.4 cm³/mol. The second kappa shape index (κ2) is 5.75. The molecule has 0 aliphatic rings. The Hall–Kier alpha value is -2.68. The molecule has 3 rings (SSSR count). The molecule has 0 spiro atoms. The van der Waals surface area contributed by atoms with Crippen molar-refractivity contribution in [2.75, 3.05) is 0 Å². The number of rotatable bonds is 3. The van der Waals surface area contributed by atoms with Crippen LogP contribution in [0.2, 0.25) is 0 Å². The van der Waals surface area contributed by atoms with Crippen molar-refractivity contribution in [2.24, 2.45) is 0 Å². The molecule has 1 heterocycles. The summed E-state index contributed by atoms with van der Waals surface area (Å²) < 4.78 is 0.938. The Balaban J connectivity index is 1.88. The van der Waals surface area contributed by atoms with E-state index in [1.54, 1.807) is 12.4 Å². The van der Waals surface area contributed by atoms with Gasteiger partial charge in [0.25, 0.3) is 0 Å². The summed E-state index contributed by atoms with van der Waals surface area (Å²) in [6.45, 7) is 2.39. The summed E-state index contributed by atoms with van der Waals surface area (Å²) >= 11 is 0. The minimum Gasteiger partial charge on any atom is -0.624 e. The van der Waals surface area contributed by atoms with Crippen molar-refractivity contribution >= 4 is 17.1 Å². The van der Waals surface area contributed by atoms with Crippen LogP contribution in [0.4, 0.5) is 0 Å². The average molecular weight is 276 g/mol. The van der Waals surface area contributed by atoms with Crippen LogP contribution in [0.3, 0.4) is 0 Å². The lowest BCUT2D eigenvalue weighted by Gasteiger charge is -2.05. The Morgan fingerprint density at radius 3 is 2.71 bits per heavy atom. The van der Waals surface area contributed by atoms with Gasteiger partial charge in [-0.25, -0.2) is 4.74 Å². The molecule has 21 heavy (non-hydrogen) atoms. The number of benzene rings is 2. The molecule has 0 atom stereocenters. The van der Waals surface area contributed by atoms with E-state index < -0.39 is 0 Å². The molecule has 3 aromatic rings. The van der Waals surface area contributed by atoms with Crippen LogP contribution in [0.25, 0.3) is 10.9 Å². The minimum absolute atomic E-state index is 0.340. The van der Waals surface area contributed by atoms with E-state index in [4.69, 9.17) is 0 Å². The number of pyridine rings is 1. The molecule has 0 aliphatic carbocycles. The first-order valence-corrected chi connectivity index (χ1v) is 6.90. The highest BCUT2D eigenvalue weighted by Gasteiger charge is 2.01. The molecule has 0 fully saturated rings. The van der Waals surface area contributed by atoms with Gasteiger partial charge in [0.15, 0.2) is 12.8 Å². The van der Waals surface area contributed by atoms with Crippen LogP contribution in [0.15, 0.2) is 60.8 Å². The Labute approximate surface area is 123 Å². The van der Waals surface area contributed by atoms with E-state index in [1.807, 2.05) is 55.5 Å². The van der Waals surface area contributed by atoms with E-state index in [1.165, 1.54) is 5.56 Å². The van der Waals surface area contributed by atoms with Gasteiger partial charge in [-0.1, -0.05) is 42.0 Å². The maximum atomic E-state index is 12.0. The van der Waals surface area contributed by atoms with Crippen molar-refractivity contribution in [1.29, 1.82) is 0 Å². The summed E-state index contributed by atoms with van der Waals surface area (Å²) in [7, 11) is 0. The zero-order valence-electron chi connectivity index (χ0n) is 11.9. The smallest absolute Gasteiger partial charge is 0.183 e. The lowest BCUT2D eigenvalue weighted by Crippen LogP contribution is -2.05. The molecule has 3 nitrogen and oxygen atoms in total. The van der Waals surface area contributed by atoms with Crippen molar-refractivity contribution < 1.29 is 4.74 Å². The fourth-order valence-corrected chi connectivity index (χ4v) is 2.31. The fourth-order valence-electron chi connectivity index (χ4n) is 2.31. The van der Waals surface area contributed by atoms with Crippen LogP contribution in [-0.4, -0.2) is 15.9 Å². The summed E-state index contributed by atoms with van der Waals surface area (Å²) in [5.74, 6) is 0. The molecule has 0 unspecified atom stereocenters. The third-order valence-corrected chi connectivity index (χ3v) is 3.33. The maximum absolute atomic E-state index is 12.0. The number of hydrogen-bond donors (Lipinski definition) is 0. The molecule has 0 aliphatic heterocycles. The SMILES string of the molecule is Cc1ccc2ncc(C=[N+]([O-])Cc3ccccc3)cc2c1. The molecule has 2 aromatic carbocycles. The fraction of sp³-hybridized carbons (Fsp3) is 0.111. The quantitative estimate of drug-likeness (QED) is 0.317. The zero-order chi connectivity index (χ0) is 14.7. The number of aromatic nitrogens is 1. The minimum atomic E-state index is 0.340. The van der Waals surface area contributed by atoms with Crippen LogP contribution in [0.5, 0.6) is 0 Å². The predicted octanol–water partition coefficient (Wildman–Crippen LogP) is 3.67. The average Bonchev–Trinajstić information content (AvgIpc) is 2.47. The van der Waals surface area contributed by atoms with Gasteiger partial charge in [-0.15, -0.1) is 0 Å². The summed E-state index contributed by atoms with van der Waals surface area (Å²) in [5.41, 5.74) is 3.94. The lowest BCUT2D eigenvalue weighted by atomic mass is 10.1. The summed E-state index contributed by atoms with van der Waals surface area (Å²) in [4.78, 5) is 4.39. The Morgan fingerprint density at radius 2 is 1.90 bits per heavy atom. The van der Waals surface area contributed by atoms with Gasteiger partial charge in [0.2, 0.25) is 0 Å². The molecule has 0 radical (unpaired) electrons. The second-order valence-electron chi connectivity index (χ2n) is 5.15. The van der Waals surface area contributed by atoms with Crippen molar-refractivity contribution in [3.8, 4) is 0 Å². The Kier molecular flexibility index (Phi) is 3.65. The number of nitrogens with zero attached hydrogens (tertiary/aromatic N) is 2. The topological polar surface area (TPSA) is 39.0 Å². The van der Waals surface area contributed by atoms with Gasteiger partial charge < -0.3 is 5.21 Å². The molecule has 0 amide bonds. The van der Waals surface area contributed by atoms with E-state index in [-0.39, 0.29) is 0 Å². The Bertz CT molecular complexity index is 795. The zero-order valence-corrected chi connectivity index (χ0v) is 11.9. The summed E-state index contributed by atoms with van der Waals surface area (Å²) in [6, 6.07) is 17.8. The van der Waals surface area contributed by atoms with Gasteiger partial charge in [0.1, 0.15) is 0 Å². The number of aryl methyl sites for hydroxylation is 1. The standard InChI is InChI=1S/C18H16N2O/c1-14-7-8-18-17(9-14)10-16(11-19-18)13-20(21)12-15-5-3-2-4-6-15/h2-11,13H,12H2,1H3. The normalized spacial score (nSPS) is 11.8. The van der Waals surface area contributed by atoms with Crippen LogP contribution in [0, 0.1) is 12.1 Å². The van der Waals surface area contributed by atoms with E-state index >= 15 is 0 Å². The van der Waals surface area contributed by atoms with Gasteiger partial charge in [0, 0.05) is 17.1 Å². The summed E-state index contributed by atoms with van der Waals surface area (Å²) in [5, 5.41) is 13.1. The van der Waals surface area contributed by atoms with Crippen molar-refractivity contribution in [3.05, 3.63) is 82.7 Å². The molecule has 104 valence electrons. The molecule has 0 N–H and O–H groups in total. The molecular formula is C18H16N2O. The van der Waals surface area contributed by atoms with Crippen LogP contribution in [-0.2, 0) is 6.54 Å². The van der Waals surface area contributed by atoms with E-state index in [9.17, 15) is 5.21 Å². The van der Waals surface area contributed by atoms with Gasteiger partial charge in [-0.3, -0.25) is 4.98 Å². The van der Waals surface area contributed by atoms with Crippen molar-refractivity contribution in [2.45, 2.75) is 13.5 Å². The Morgan fingerprint density at radius 1 is 1.10 bits per heavy atom. The molecule has 0 bridgehead atoms. The van der Waals surface area contributed by atoms with E-state index in [2.05, 4.69) is 11.1 Å². The highest BCUT2D eigenvalue weighted by atomic mass is 16.5. The molecule has 1 aromatic heterocycles. The highest BCUT2D eigenvalue weighted by Crippen LogP contribution is 2.14. The first kappa shape index (κ1) is 13.3. The van der Waals surface area contributed by atoms with Crippen LogP contribution < -0.4 is 0 Å². The highest BCUT2D eigenvalue weighted by molar-refractivity contribution is 5.86. The molecule has 3 heteroatoms. The maximum Gasteiger partial charge on any atom is 0.183 e. The van der Waals surface area contributed by atoms with E-state index in [0.717, 1.165) is 26.8 Å². The van der Waals surface area contributed by atoms with Crippen molar-refractivity contribution in [1.82, 2.24) is 4.98 Å². The number of fused-ring (bicyclic) bond motifs is 1. The van der Waals surface area contributed by atoms with Crippen LogP contribution >= 0.6 is 0 Å². The first-order valence-electron chi connectivity index (χ1n) is 6.90. The van der Waals surface area contributed by atoms with E-state index in [0.29, 0.717) is 6.54 Å². The third kappa shape index (κ3) is 3.26. The second-order valence-corrected chi connectivity index (χ2v) is 5.15. The van der Waals surface area contributed by atoms with Crippen LogP contribution in [0.1, 0.15) is 16.7 Å². The monoisotopic (exact) mass is 276 g/mol. The lowest BCUT2D eigenvalue weighted by molar-refractivity contribution is -0.469. The number of hydrogen-bond acceptors (Lipinski definition) is 2. The summed E-state index contributed by atoms with van der Waals surface area (Å²) in [6.07, 6.45) is 3.31.